The Morgan fingerprint density at radius 2 is 2.07 bits per heavy atom. The van der Waals surface area contributed by atoms with Crippen molar-refractivity contribution in [3.05, 3.63) is 41.0 Å². The summed E-state index contributed by atoms with van der Waals surface area (Å²) < 4.78 is 25.4. The van der Waals surface area contributed by atoms with Crippen LogP contribution >= 0.6 is 0 Å². The molecule has 14 heavy (non-hydrogen) atoms. The first-order valence-electron chi connectivity index (χ1n) is 4.52. The fraction of sp³-hybridized carbons (Fsp3) is 0.273. The molecule has 0 unspecified atom stereocenters. The second-order valence-corrected chi connectivity index (χ2v) is 3.03. The fourth-order valence-electron chi connectivity index (χ4n) is 1.14. The summed E-state index contributed by atoms with van der Waals surface area (Å²) in [6.45, 7) is 2.41. The predicted octanol–water partition coefficient (Wildman–Crippen LogP) is 2.72. The highest BCUT2D eigenvalue weighted by Gasteiger charge is 2.01. The third-order valence-corrected chi connectivity index (χ3v) is 2.03. The first-order valence-corrected chi connectivity index (χ1v) is 4.52. The van der Waals surface area contributed by atoms with Crippen molar-refractivity contribution >= 4 is 6.08 Å². The zero-order valence-electron chi connectivity index (χ0n) is 8.06. The minimum Gasteiger partial charge on any atom is -0.327 e. The molecule has 1 aromatic rings. The lowest BCUT2D eigenvalue weighted by atomic mass is 10.1. The van der Waals surface area contributed by atoms with E-state index in [1.807, 2.05) is 6.92 Å². The van der Waals surface area contributed by atoms with Crippen LogP contribution in [0.3, 0.4) is 0 Å². The summed E-state index contributed by atoms with van der Waals surface area (Å²) in [7, 11) is 0. The van der Waals surface area contributed by atoms with Gasteiger partial charge in [-0.1, -0.05) is 24.6 Å². The average molecular weight is 197 g/mol. The maximum Gasteiger partial charge on any atom is 0.159 e. The van der Waals surface area contributed by atoms with Crippen LogP contribution in [0.5, 0.6) is 0 Å². The summed E-state index contributed by atoms with van der Waals surface area (Å²) in [5, 5.41) is 0. The van der Waals surface area contributed by atoms with Gasteiger partial charge in [-0.2, -0.15) is 0 Å². The molecule has 0 saturated carbocycles. The van der Waals surface area contributed by atoms with E-state index in [1.165, 1.54) is 12.1 Å². The Balaban J connectivity index is 2.97. The minimum absolute atomic E-state index is 0.440. The number of nitrogens with two attached hydrogens (primary N) is 1. The van der Waals surface area contributed by atoms with Gasteiger partial charge in [0.2, 0.25) is 0 Å². The molecule has 2 N–H and O–H groups in total. The number of rotatable bonds is 3. The van der Waals surface area contributed by atoms with E-state index in [1.54, 1.807) is 6.08 Å². The Hall–Kier alpha value is -1.22. The summed E-state index contributed by atoms with van der Waals surface area (Å²) >= 11 is 0. The van der Waals surface area contributed by atoms with Gasteiger partial charge in [0.05, 0.1) is 0 Å². The maximum atomic E-state index is 12.8. The molecule has 0 aliphatic rings. The van der Waals surface area contributed by atoms with Crippen LogP contribution in [0.15, 0.2) is 23.8 Å². The highest BCUT2D eigenvalue weighted by atomic mass is 19.2. The third-order valence-electron chi connectivity index (χ3n) is 2.03. The van der Waals surface area contributed by atoms with Crippen LogP contribution in [-0.4, -0.2) is 6.54 Å². The van der Waals surface area contributed by atoms with Crippen LogP contribution in [0.4, 0.5) is 8.78 Å². The molecular formula is C11H13F2N. The van der Waals surface area contributed by atoms with Crippen LogP contribution in [0, 0.1) is 11.6 Å². The molecule has 0 atom stereocenters. The summed E-state index contributed by atoms with van der Waals surface area (Å²) in [6, 6.07) is 3.81. The standard InChI is InChI=1S/C11H13F2N/c1-2-8(7-14)5-9-3-4-10(12)11(13)6-9/h3-6H,2,7,14H2,1H3/b8-5-. The molecule has 0 aromatic heterocycles. The van der Waals surface area contributed by atoms with Gasteiger partial charge in [0.25, 0.3) is 0 Å². The van der Waals surface area contributed by atoms with Crippen molar-refractivity contribution < 1.29 is 8.78 Å². The van der Waals surface area contributed by atoms with Crippen molar-refractivity contribution in [1.29, 1.82) is 0 Å². The van der Waals surface area contributed by atoms with Gasteiger partial charge < -0.3 is 5.73 Å². The van der Waals surface area contributed by atoms with E-state index < -0.39 is 11.6 Å². The lowest BCUT2D eigenvalue weighted by Gasteiger charge is -2.01. The monoisotopic (exact) mass is 197 g/mol. The van der Waals surface area contributed by atoms with Gasteiger partial charge in [-0.25, -0.2) is 8.78 Å². The predicted molar refractivity (Wildman–Crippen MR) is 53.7 cm³/mol. The lowest BCUT2D eigenvalue weighted by molar-refractivity contribution is 0.508. The van der Waals surface area contributed by atoms with Gasteiger partial charge in [0, 0.05) is 6.54 Å². The van der Waals surface area contributed by atoms with E-state index in [0.717, 1.165) is 18.1 Å². The van der Waals surface area contributed by atoms with E-state index in [4.69, 9.17) is 5.73 Å². The molecule has 1 rings (SSSR count). The number of benzene rings is 1. The van der Waals surface area contributed by atoms with Crippen LogP contribution in [-0.2, 0) is 0 Å². The van der Waals surface area contributed by atoms with Gasteiger partial charge in [-0.15, -0.1) is 0 Å². The second kappa shape index (κ2) is 4.86. The minimum atomic E-state index is -0.828. The van der Waals surface area contributed by atoms with Crippen LogP contribution in [0.25, 0.3) is 6.08 Å². The third kappa shape index (κ3) is 2.64. The molecule has 0 saturated heterocycles. The summed E-state index contributed by atoms with van der Waals surface area (Å²) in [5.41, 5.74) is 7.12. The first-order chi connectivity index (χ1) is 6.67. The quantitative estimate of drug-likeness (QED) is 0.792. The first kappa shape index (κ1) is 10.9. The van der Waals surface area contributed by atoms with Gasteiger partial charge >= 0.3 is 0 Å². The van der Waals surface area contributed by atoms with Crippen molar-refractivity contribution in [3.8, 4) is 0 Å². The molecule has 0 aliphatic heterocycles. The molecule has 76 valence electrons. The number of hydrogen-bond acceptors (Lipinski definition) is 1. The van der Waals surface area contributed by atoms with E-state index >= 15 is 0 Å². The van der Waals surface area contributed by atoms with Crippen LogP contribution < -0.4 is 5.73 Å². The Bertz CT molecular complexity index is 339. The Morgan fingerprint density at radius 3 is 2.57 bits per heavy atom. The van der Waals surface area contributed by atoms with Gasteiger partial charge in [0.15, 0.2) is 11.6 Å². The SMILES string of the molecule is CC/C(=C/c1ccc(F)c(F)c1)CN. The zero-order chi connectivity index (χ0) is 10.6. The summed E-state index contributed by atoms with van der Waals surface area (Å²) in [5.74, 6) is -1.65. The Kier molecular flexibility index (Phi) is 3.77. The molecule has 0 heterocycles. The highest BCUT2D eigenvalue weighted by Crippen LogP contribution is 2.12. The molecule has 1 nitrogen and oxygen atoms in total. The number of hydrogen-bond donors (Lipinski definition) is 1. The molecule has 0 radical (unpaired) electrons. The van der Waals surface area contributed by atoms with Crippen molar-refractivity contribution in [2.75, 3.05) is 6.54 Å². The molecular weight excluding hydrogens is 184 g/mol. The van der Waals surface area contributed by atoms with Crippen LogP contribution in [0.1, 0.15) is 18.9 Å². The van der Waals surface area contributed by atoms with E-state index in [0.29, 0.717) is 12.1 Å². The molecule has 0 amide bonds. The van der Waals surface area contributed by atoms with Crippen molar-refractivity contribution in [1.82, 2.24) is 0 Å². The fourth-order valence-corrected chi connectivity index (χ4v) is 1.14. The molecule has 0 fully saturated rings. The zero-order valence-corrected chi connectivity index (χ0v) is 8.06. The largest absolute Gasteiger partial charge is 0.327 e. The van der Waals surface area contributed by atoms with Crippen molar-refractivity contribution in [3.63, 3.8) is 0 Å². The molecule has 0 aliphatic carbocycles. The van der Waals surface area contributed by atoms with Crippen LogP contribution in [0.2, 0.25) is 0 Å². The molecule has 0 bridgehead atoms. The van der Waals surface area contributed by atoms with E-state index in [2.05, 4.69) is 0 Å². The van der Waals surface area contributed by atoms with Gasteiger partial charge in [-0.05, 0) is 24.1 Å². The van der Waals surface area contributed by atoms with Gasteiger partial charge in [-0.3, -0.25) is 0 Å². The average Bonchev–Trinajstić information content (AvgIpc) is 2.19. The number of halogens is 2. The summed E-state index contributed by atoms with van der Waals surface area (Å²) in [4.78, 5) is 0. The Labute approximate surface area is 82.2 Å². The molecule has 3 heteroatoms. The highest BCUT2D eigenvalue weighted by molar-refractivity contribution is 5.53. The smallest absolute Gasteiger partial charge is 0.159 e. The maximum absolute atomic E-state index is 12.8. The Morgan fingerprint density at radius 1 is 1.36 bits per heavy atom. The lowest BCUT2D eigenvalue weighted by Crippen LogP contribution is -2.01. The second-order valence-electron chi connectivity index (χ2n) is 3.03. The molecule has 0 spiro atoms. The van der Waals surface area contributed by atoms with Crippen molar-refractivity contribution in [2.45, 2.75) is 13.3 Å². The van der Waals surface area contributed by atoms with Gasteiger partial charge in [0.1, 0.15) is 0 Å². The topological polar surface area (TPSA) is 26.0 Å². The normalized spacial score (nSPS) is 11.9. The van der Waals surface area contributed by atoms with Crippen molar-refractivity contribution in [2.24, 2.45) is 5.73 Å². The summed E-state index contributed by atoms with van der Waals surface area (Å²) in [6.07, 6.45) is 2.60. The van der Waals surface area contributed by atoms with E-state index in [-0.39, 0.29) is 0 Å². The van der Waals surface area contributed by atoms with E-state index in [9.17, 15) is 8.78 Å². The molecule has 1 aromatic carbocycles.